The van der Waals surface area contributed by atoms with Gasteiger partial charge in [-0.25, -0.2) is 19.7 Å². The lowest BCUT2D eigenvalue weighted by Gasteiger charge is -2.22. The standard InChI is InChI=1S/C23H29N7O7/c24-14(7-4-8-26-23(34)35-10-13-5-2-1-3-6-13)22(33)37-18-15(9-31)36-21(17(18)32)30-12-29-16-19(25)27-11-28-20(16)30/h1-3,5-6,11-12,14-15,17-18,21,31-32H,4,7-10,24H2,(H,26,34)(H2,25,27,28)/t14-,15+,17+,18+,21+/m0/s1. The number of amides is 1. The Morgan fingerprint density at radius 2 is 2.00 bits per heavy atom. The molecular formula is C23H29N7O7. The summed E-state index contributed by atoms with van der Waals surface area (Å²) in [6.45, 7) is -0.129. The normalized spacial score (nSPS) is 22.0. The highest BCUT2D eigenvalue weighted by Gasteiger charge is 2.47. The molecule has 2 aromatic heterocycles. The fourth-order valence-corrected chi connectivity index (χ4v) is 3.92. The summed E-state index contributed by atoms with van der Waals surface area (Å²) in [5.74, 6) is -0.622. The highest BCUT2D eigenvalue weighted by Crippen LogP contribution is 2.33. The first-order valence-corrected chi connectivity index (χ1v) is 11.7. The SMILES string of the molecule is Nc1ncnc2c1ncn2[C@@H]1O[C@H](CO)[C@@H](OC(=O)[C@@H](N)CCCNC(=O)OCc2ccccc2)[C@H]1O. The zero-order valence-electron chi connectivity index (χ0n) is 19.8. The smallest absolute Gasteiger partial charge is 0.407 e. The third-order valence-electron chi connectivity index (χ3n) is 5.88. The summed E-state index contributed by atoms with van der Waals surface area (Å²) >= 11 is 0. The number of hydrogen-bond acceptors (Lipinski definition) is 12. The number of nitrogens with two attached hydrogens (primary N) is 2. The van der Waals surface area contributed by atoms with Crippen molar-refractivity contribution in [1.82, 2.24) is 24.8 Å². The molecule has 1 fully saturated rings. The molecule has 14 heteroatoms. The lowest BCUT2D eigenvalue weighted by atomic mass is 10.1. The quantitative estimate of drug-likeness (QED) is 0.173. The Bertz CT molecular complexity index is 1210. The van der Waals surface area contributed by atoms with Gasteiger partial charge in [-0.1, -0.05) is 30.3 Å². The van der Waals surface area contributed by atoms with Crippen LogP contribution in [-0.4, -0.2) is 79.3 Å². The molecule has 3 heterocycles. The third-order valence-corrected chi connectivity index (χ3v) is 5.88. The van der Waals surface area contributed by atoms with Gasteiger partial charge < -0.3 is 41.2 Å². The minimum absolute atomic E-state index is 0.145. The molecule has 4 rings (SSSR count). The van der Waals surface area contributed by atoms with Gasteiger partial charge in [0.15, 0.2) is 23.8 Å². The highest BCUT2D eigenvalue weighted by atomic mass is 16.6. The average molecular weight is 516 g/mol. The first kappa shape index (κ1) is 26.2. The van der Waals surface area contributed by atoms with Crippen molar-refractivity contribution in [3.63, 3.8) is 0 Å². The molecule has 0 radical (unpaired) electrons. The molecule has 7 N–H and O–H groups in total. The van der Waals surface area contributed by atoms with Crippen molar-refractivity contribution >= 4 is 29.0 Å². The molecule has 0 unspecified atom stereocenters. The van der Waals surface area contributed by atoms with E-state index in [4.69, 9.17) is 25.7 Å². The van der Waals surface area contributed by atoms with E-state index in [1.54, 1.807) is 0 Å². The Kier molecular flexibility index (Phi) is 8.45. The number of carbonyl (C=O) groups is 2. The van der Waals surface area contributed by atoms with E-state index >= 15 is 0 Å². The van der Waals surface area contributed by atoms with E-state index in [0.29, 0.717) is 17.6 Å². The van der Waals surface area contributed by atoms with Gasteiger partial charge in [0.2, 0.25) is 0 Å². The minimum Gasteiger partial charge on any atom is -0.455 e. The predicted octanol–water partition coefficient (Wildman–Crippen LogP) is -0.395. The number of fused-ring (bicyclic) bond motifs is 1. The van der Waals surface area contributed by atoms with E-state index in [-0.39, 0.29) is 25.4 Å². The summed E-state index contributed by atoms with van der Waals surface area (Å²) in [5, 5.41) is 23.2. The Hall–Kier alpha value is -3.85. The van der Waals surface area contributed by atoms with Gasteiger partial charge in [-0.2, -0.15) is 0 Å². The number of nitrogens with zero attached hydrogens (tertiary/aromatic N) is 4. The highest BCUT2D eigenvalue weighted by molar-refractivity contribution is 5.81. The number of nitrogens with one attached hydrogen (secondary N) is 1. The van der Waals surface area contributed by atoms with Crippen molar-refractivity contribution in [2.75, 3.05) is 18.9 Å². The van der Waals surface area contributed by atoms with E-state index in [2.05, 4.69) is 20.3 Å². The van der Waals surface area contributed by atoms with Crippen LogP contribution in [0.3, 0.4) is 0 Å². The van der Waals surface area contributed by atoms with Gasteiger partial charge in [-0.3, -0.25) is 9.36 Å². The van der Waals surface area contributed by atoms with Gasteiger partial charge >= 0.3 is 12.1 Å². The minimum atomic E-state index is -1.34. The Balaban J connectivity index is 1.25. The second-order valence-electron chi connectivity index (χ2n) is 8.46. The topological polar surface area (TPSA) is 210 Å². The van der Waals surface area contributed by atoms with Gasteiger partial charge in [0.25, 0.3) is 0 Å². The molecule has 0 bridgehead atoms. The van der Waals surface area contributed by atoms with Crippen molar-refractivity contribution in [2.24, 2.45) is 5.73 Å². The van der Waals surface area contributed by atoms with Crippen molar-refractivity contribution in [3.05, 3.63) is 48.5 Å². The maximum absolute atomic E-state index is 12.6. The summed E-state index contributed by atoms with van der Waals surface area (Å²) in [7, 11) is 0. The summed E-state index contributed by atoms with van der Waals surface area (Å²) in [6.07, 6.45) is -1.96. The van der Waals surface area contributed by atoms with Gasteiger partial charge in [0.05, 0.1) is 12.9 Å². The number of aromatic nitrogens is 4. The number of anilines is 1. The van der Waals surface area contributed by atoms with Crippen LogP contribution in [0.2, 0.25) is 0 Å². The van der Waals surface area contributed by atoms with Crippen LogP contribution in [0.15, 0.2) is 43.0 Å². The number of carbonyl (C=O) groups excluding carboxylic acids is 2. The Labute approximate surface area is 211 Å². The van der Waals surface area contributed by atoms with Gasteiger partial charge in [0, 0.05) is 6.54 Å². The lowest BCUT2D eigenvalue weighted by molar-refractivity contribution is -0.158. The van der Waals surface area contributed by atoms with Gasteiger partial charge in [-0.05, 0) is 18.4 Å². The molecule has 198 valence electrons. The largest absolute Gasteiger partial charge is 0.455 e. The number of imidazole rings is 1. The molecular weight excluding hydrogens is 486 g/mol. The molecule has 1 amide bonds. The van der Waals surface area contributed by atoms with Gasteiger partial charge in [0.1, 0.15) is 36.7 Å². The zero-order valence-corrected chi connectivity index (χ0v) is 19.8. The van der Waals surface area contributed by atoms with Crippen LogP contribution in [0.1, 0.15) is 24.6 Å². The average Bonchev–Trinajstić information content (AvgIpc) is 3.47. The monoisotopic (exact) mass is 515 g/mol. The lowest BCUT2D eigenvalue weighted by Crippen LogP contribution is -2.43. The maximum atomic E-state index is 12.6. The van der Waals surface area contributed by atoms with Crippen molar-refractivity contribution in [2.45, 2.75) is 50.0 Å². The van der Waals surface area contributed by atoms with Crippen LogP contribution < -0.4 is 16.8 Å². The number of aliphatic hydroxyl groups excluding tert-OH is 2. The fraction of sp³-hybridized carbons (Fsp3) is 0.435. The van der Waals surface area contributed by atoms with Gasteiger partial charge in [-0.15, -0.1) is 0 Å². The second kappa shape index (κ2) is 11.9. The Morgan fingerprint density at radius 3 is 2.76 bits per heavy atom. The first-order valence-electron chi connectivity index (χ1n) is 11.7. The molecule has 1 saturated heterocycles. The van der Waals surface area contributed by atoms with Crippen LogP contribution in [0.4, 0.5) is 10.6 Å². The molecule has 1 aliphatic heterocycles. The summed E-state index contributed by atoms with van der Waals surface area (Å²) in [6, 6.07) is 8.23. The number of rotatable bonds is 10. The fourth-order valence-electron chi connectivity index (χ4n) is 3.92. The molecule has 0 saturated carbocycles. The van der Waals surface area contributed by atoms with E-state index in [9.17, 15) is 19.8 Å². The number of ether oxygens (including phenoxy) is 3. The van der Waals surface area contributed by atoms with Crippen molar-refractivity contribution in [3.8, 4) is 0 Å². The number of hydrogen-bond donors (Lipinski definition) is 5. The number of benzene rings is 1. The summed E-state index contributed by atoms with van der Waals surface area (Å²) in [5.41, 5.74) is 13.2. The zero-order chi connectivity index (χ0) is 26.4. The molecule has 37 heavy (non-hydrogen) atoms. The van der Waals surface area contributed by atoms with E-state index in [0.717, 1.165) is 5.56 Å². The molecule has 0 aliphatic carbocycles. The molecule has 1 aliphatic rings. The Morgan fingerprint density at radius 1 is 1.22 bits per heavy atom. The maximum Gasteiger partial charge on any atom is 0.407 e. The van der Waals surface area contributed by atoms with Crippen molar-refractivity contribution in [1.29, 1.82) is 0 Å². The molecule has 1 aromatic carbocycles. The molecule has 14 nitrogen and oxygen atoms in total. The van der Waals surface area contributed by atoms with Crippen LogP contribution in [0, 0.1) is 0 Å². The van der Waals surface area contributed by atoms with Crippen molar-refractivity contribution < 1.29 is 34.0 Å². The first-order chi connectivity index (χ1) is 17.9. The summed E-state index contributed by atoms with van der Waals surface area (Å²) in [4.78, 5) is 36.5. The molecule has 3 aromatic rings. The van der Waals surface area contributed by atoms with E-state index < -0.39 is 49.3 Å². The molecule has 0 spiro atoms. The number of aliphatic hydroxyl groups is 2. The summed E-state index contributed by atoms with van der Waals surface area (Å²) < 4.78 is 17.7. The number of alkyl carbamates (subject to hydrolysis) is 1. The van der Waals surface area contributed by atoms with E-state index in [1.807, 2.05) is 30.3 Å². The predicted molar refractivity (Wildman–Crippen MR) is 128 cm³/mol. The van der Waals surface area contributed by atoms with Crippen LogP contribution >= 0.6 is 0 Å². The van der Waals surface area contributed by atoms with Crippen LogP contribution in [0.5, 0.6) is 0 Å². The second-order valence-corrected chi connectivity index (χ2v) is 8.46. The molecule has 5 atom stereocenters. The van der Waals surface area contributed by atoms with E-state index in [1.165, 1.54) is 17.2 Å². The number of esters is 1. The third kappa shape index (κ3) is 6.11. The van der Waals surface area contributed by atoms with Crippen LogP contribution in [0.25, 0.3) is 11.2 Å². The van der Waals surface area contributed by atoms with Crippen LogP contribution in [-0.2, 0) is 25.6 Å². The number of nitrogen functional groups attached to an aromatic ring is 1.